The van der Waals surface area contributed by atoms with Crippen LogP contribution in [0.25, 0.3) is 0 Å². The third-order valence-electron chi connectivity index (χ3n) is 3.73. The molecule has 1 atom stereocenters. The van der Waals surface area contributed by atoms with Gasteiger partial charge in [0.05, 0.1) is 0 Å². The van der Waals surface area contributed by atoms with Gasteiger partial charge in [-0.05, 0) is 18.6 Å². The fourth-order valence-corrected chi connectivity index (χ4v) is 2.82. The second kappa shape index (κ2) is 18.8. The number of aliphatic imine (C=N–C) groups is 1. The van der Waals surface area contributed by atoms with Crippen LogP contribution < -0.4 is 10.3 Å². The van der Waals surface area contributed by atoms with E-state index in [4.69, 9.17) is 10.6 Å². The molecular formula is C19H35N2O3PS. The average molecular weight is 403 g/mol. The first kappa shape index (κ1) is 25.0. The van der Waals surface area contributed by atoms with E-state index in [0.717, 1.165) is 13.0 Å². The summed E-state index contributed by atoms with van der Waals surface area (Å²) < 4.78 is 14.6. The Labute approximate surface area is 164 Å². The molecule has 0 spiro atoms. The third-order valence-corrected chi connectivity index (χ3v) is 4.29. The van der Waals surface area contributed by atoms with Crippen LogP contribution in [0.1, 0.15) is 71.1 Å². The molecule has 0 amide bonds. The Morgan fingerprint density at radius 3 is 2.00 bits per heavy atom. The van der Waals surface area contributed by atoms with Gasteiger partial charge in [0.2, 0.25) is 0 Å². The number of hydrogen-bond donors (Lipinski definition) is 3. The molecule has 0 bridgehead atoms. The fourth-order valence-electron chi connectivity index (χ4n) is 2.38. The van der Waals surface area contributed by atoms with E-state index < -0.39 is 8.25 Å². The second-order valence-corrected chi connectivity index (χ2v) is 7.30. The number of thiol groups is 1. The molecule has 7 heteroatoms. The number of para-hydroxylation sites is 1. The molecule has 0 fully saturated rings. The van der Waals surface area contributed by atoms with Gasteiger partial charge in [0.25, 0.3) is 0 Å². The molecule has 0 aromatic heterocycles. The van der Waals surface area contributed by atoms with Gasteiger partial charge in [-0.2, -0.15) is 0 Å². The Balaban J connectivity index is 0.000000531. The number of hydrogen-bond acceptors (Lipinski definition) is 3. The zero-order valence-corrected chi connectivity index (χ0v) is 17.8. The summed E-state index contributed by atoms with van der Waals surface area (Å²) in [5.41, 5.74) is 5.33. The van der Waals surface area contributed by atoms with Crippen LogP contribution >= 0.6 is 20.9 Å². The highest BCUT2D eigenvalue weighted by Crippen LogP contribution is 2.21. The van der Waals surface area contributed by atoms with Gasteiger partial charge in [0.15, 0.2) is 5.17 Å². The van der Waals surface area contributed by atoms with Crippen molar-refractivity contribution in [3.8, 4) is 5.75 Å². The van der Waals surface area contributed by atoms with Crippen LogP contribution in [0.4, 0.5) is 0 Å². The van der Waals surface area contributed by atoms with Crippen LogP contribution in [-0.4, -0.2) is 16.6 Å². The van der Waals surface area contributed by atoms with Gasteiger partial charge in [0, 0.05) is 6.54 Å². The lowest BCUT2D eigenvalue weighted by Crippen LogP contribution is -2.02. The monoisotopic (exact) mass is 402 g/mol. The predicted octanol–water partition coefficient (Wildman–Crippen LogP) is 5.60. The maximum atomic E-state index is 10.1. The second-order valence-electron chi connectivity index (χ2n) is 6.10. The van der Waals surface area contributed by atoms with Crippen LogP contribution in [-0.2, 0) is 4.57 Å². The molecule has 0 aliphatic heterocycles. The molecule has 0 aliphatic rings. The van der Waals surface area contributed by atoms with Gasteiger partial charge in [-0.25, -0.2) is 4.57 Å². The van der Waals surface area contributed by atoms with E-state index in [-0.39, 0.29) is 0 Å². The number of amidine groups is 1. The lowest BCUT2D eigenvalue weighted by Gasteiger charge is -2.01. The van der Waals surface area contributed by atoms with Crippen molar-refractivity contribution < 1.29 is 14.0 Å². The Bertz CT molecular complexity index is 483. The summed E-state index contributed by atoms with van der Waals surface area (Å²) in [5, 5.41) is 0.413. The maximum absolute atomic E-state index is 10.1. The van der Waals surface area contributed by atoms with E-state index in [2.05, 4.69) is 29.1 Å². The molecule has 1 rings (SSSR count). The first-order chi connectivity index (χ1) is 12.6. The molecule has 1 unspecified atom stereocenters. The van der Waals surface area contributed by atoms with E-state index in [0.29, 0.717) is 10.9 Å². The van der Waals surface area contributed by atoms with Crippen LogP contribution in [0, 0.1) is 0 Å². The van der Waals surface area contributed by atoms with E-state index in [9.17, 15) is 4.57 Å². The van der Waals surface area contributed by atoms with Gasteiger partial charge in [-0.15, -0.1) is 12.6 Å². The molecule has 5 nitrogen and oxygen atoms in total. The number of benzene rings is 1. The number of rotatable bonds is 13. The Hall–Kier alpha value is -0.970. The Morgan fingerprint density at radius 1 is 1.04 bits per heavy atom. The molecule has 0 heterocycles. The van der Waals surface area contributed by atoms with E-state index >= 15 is 0 Å². The summed E-state index contributed by atoms with van der Waals surface area (Å²) in [6.45, 7) is 3.10. The van der Waals surface area contributed by atoms with Crippen molar-refractivity contribution in [1.82, 2.24) is 0 Å². The highest BCUT2D eigenvalue weighted by molar-refractivity contribution is 7.96. The van der Waals surface area contributed by atoms with Gasteiger partial charge in [0.1, 0.15) is 5.75 Å². The van der Waals surface area contributed by atoms with Gasteiger partial charge < -0.3 is 15.2 Å². The first-order valence-corrected chi connectivity index (χ1v) is 11.2. The van der Waals surface area contributed by atoms with Crippen LogP contribution in [0.15, 0.2) is 35.3 Å². The quantitative estimate of drug-likeness (QED) is 0.132. The lowest BCUT2D eigenvalue weighted by molar-refractivity contribution is 0.410. The fraction of sp³-hybridized carbons (Fsp3) is 0.632. The maximum Gasteiger partial charge on any atom is 0.365 e. The van der Waals surface area contributed by atoms with E-state index in [1.165, 1.54) is 57.8 Å². The van der Waals surface area contributed by atoms with Crippen molar-refractivity contribution >= 4 is 26.1 Å². The van der Waals surface area contributed by atoms with Gasteiger partial charge in [-0.1, -0.05) is 82.9 Å². The minimum absolute atomic E-state index is 0.413. The Morgan fingerprint density at radius 2 is 1.54 bits per heavy atom. The zero-order chi connectivity index (χ0) is 19.5. The highest BCUT2D eigenvalue weighted by Gasteiger charge is 1.93. The largest absolute Gasteiger partial charge is 0.426 e. The summed E-state index contributed by atoms with van der Waals surface area (Å²) in [7, 11) is -2.84. The van der Waals surface area contributed by atoms with Crippen molar-refractivity contribution in [2.45, 2.75) is 71.1 Å². The van der Waals surface area contributed by atoms with Crippen molar-refractivity contribution in [1.29, 1.82) is 0 Å². The topological polar surface area (TPSA) is 84.9 Å². The van der Waals surface area contributed by atoms with Crippen molar-refractivity contribution in [3.63, 3.8) is 0 Å². The summed E-state index contributed by atoms with van der Waals surface area (Å²) in [6.07, 6.45) is 13.6. The molecule has 150 valence electrons. The molecule has 0 saturated carbocycles. The van der Waals surface area contributed by atoms with Gasteiger partial charge in [-0.3, -0.25) is 4.99 Å². The van der Waals surface area contributed by atoms with Crippen LogP contribution in [0.3, 0.4) is 0 Å². The summed E-state index contributed by atoms with van der Waals surface area (Å²) in [4.78, 5) is 12.4. The SMILES string of the molecule is CCCCCCCCCCCCN=C(N)S.O=[PH](O)Oc1ccccc1. The summed E-state index contributed by atoms with van der Waals surface area (Å²) in [5.74, 6) is 0.425. The smallest absolute Gasteiger partial charge is 0.365 e. The average Bonchev–Trinajstić information content (AvgIpc) is 2.60. The highest BCUT2D eigenvalue weighted by atomic mass is 32.1. The molecule has 26 heavy (non-hydrogen) atoms. The minimum atomic E-state index is -2.84. The molecule has 1 aromatic rings. The third kappa shape index (κ3) is 19.4. The zero-order valence-electron chi connectivity index (χ0n) is 15.9. The van der Waals surface area contributed by atoms with Crippen molar-refractivity contribution in [2.24, 2.45) is 10.7 Å². The van der Waals surface area contributed by atoms with Crippen molar-refractivity contribution in [3.05, 3.63) is 30.3 Å². The van der Waals surface area contributed by atoms with E-state index in [1.807, 2.05) is 0 Å². The van der Waals surface area contributed by atoms with E-state index in [1.54, 1.807) is 30.3 Å². The van der Waals surface area contributed by atoms with Gasteiger partial charge >= 0.3 is 8.25 Å². The van der Waals surface area contributed by atoms with Crippen LogP contribution in [0.2, 0.25) is 0 Å². The van der Waals surface area contributed by atoms with Crippen molar-refractivity contribution in [2.75, 3.05) is 6.54 Å². The standard InChI is InChI=1S/C13H28N2S.C6H7O3P/c1-2-3-4-5-6-7-8-9-10-11-12-15-13(14)16;7-10(8)9-6-4-2-1-3-5-6/h2-12H2,1H3,(H3,14,15,16);1-5,10H,(H,7,8). The molecule has 0 radical (unpaired) electrons. The minimum Gasteiger partial charge on any atom is -0.426 e. The Kier molecular flexibility index (Phi) is 18.1. The molecular weight excluding hydrogens is 367 g/mol. The number of nitrogens with zero attached hydrogens (tertiary/aromatic N) is 1. The normalized spacial score (nSPS) is 12.2. The molecule has 3 N–H and O–H groups in total. The predicted molar refractivity (Wildman–Crippen MR) is 116 cm³/mol. The summed E-state index contributed by atoms with van der Waals surface area (Å²) >= 11 is 3.92. The number of unbranched alkanes of at least 4 members (excludes halogenated alkanes) is 9. The summed E-state index contributed by atoms with van der Waals surface area (Å²) in [6, 6.07) is 8.53. The number of nitrogens with two attached hydrogens (primary N) is 1. The molecule has 1 aromatic carbocycles. The molecule has 0 aliphatic carbocycles. The lowest BCUT2D eigenvalue weighted by atomic mass is 10.1. The first-order valence-electron chi connectivity index (χ1n) is 9.51. The van der Waals surface area contributed by atoms with Crippen LogP contribution in [0.5, 0.6) is 5.75 Å². The molecule has 0 saturated heterocycles.